The molecular formula is C32H42N4O8S. The van der Waals surface area contributed by atoms with E-state index in [4.69, 9.17) is 9.47 Å². The molecule has 5 atom stereocenters. The maximum absolute atomic E-state index is 14.1. The van der Waals surface area contributed by atoms with Crippen molar-refractivity contribution in [3.63, 3.8) is 0 Å². The summed E-state index contributed by atoms with van der Waals surface area (Å²) in [6.07, 6.45) is -1.83. The average molecular weight is 643 g/mol. The Bertz CT molecular complexity index is 1460. The quantitative estimate of drug-likeness (QED) is 0.278. The summed E-state index contributed by atoms with van der Waals surface area (Å²) in [5.41, 5.74) is 0.562. The zero-order chi connectivity index (χ0) is 32.8. The van der Waals surface area contributed by atoms with Gasteiger partial charge >= 0.3 is 6.09 Å². The number of nitrogens with zero attached hydrogens (tertiary/aromatic N) is 3. The molecule has 0 saturated carbocycles. The molecule has 0 aliphatic carbocycles. The minimum atomic E-state index is -4.22. The Morgan fingerprint density at radius 1 is 1.13 bits per heavy atom. The van der Waals surface area contributed by atoms with Crippen LogP contribution in [0.15, 0.2) is 59.5 Å². The summed E-state index contributed by atoms with van der Waals surface area (Å²) in [5.74, 6) is -0.511. The second-order valence-electron chi connectivity index (χ2n) is 12.4. The summed E-state index contributed by atoms with van der Waals surface area (Å²) in [4.78, 5) is 25.5. The number of fused-ring (bicyclic) bond motifs is 1. The zero-order valence-electron chi connectivity index (χ0n) is 25.8. The van der Waals surface area contributed by atoms with E-state index < -0.39 is 52.6 Å². The van der Waals surface area contributed by atoms with Crippen molar-refractivity contribution in [2.45, 2.75) is 75.8 Å². The molecule has 0 aromatic heterocycles. The van der Waals surface area contributed by atoms with Gasteiger partial charge in [-0.1, -0.05) is 44.2 Å². The molecule has 244 valence electrons. The topological polar surface area (TPSA) is 170 Å². The molecule has 0 spiro atoms. The number of ether oxygens (including phenoxy) is 2. The molecule has 3 N–H and O–H groups in total. The molecule has 2 amide bonds. The van der Waals surface area contributed by atoms with Gasteiger partial charge in [0.2, 0.25) is 15.9 Å². The summed E-state index contributed by atoms with van der Waals surface area (Å²) < 4.78 is 40.8. The lowest BCUT2D eigenvalue weighted by Crippen LogP contribution is -2.58. The molecule has 0 unspecified atom stereocenters. The third-order valence-corrected chi connectivity index (χ3v) is 10.2. The van der Waals surface area contributed by atoms with Gasteiger partial charge in [-0.3, -0.25) is 9.69 Å². The standard InChI is InChI=1S/C32H42N4O8S/c1-22(37)34-24-10-12-25(13-11-24)45(41,42)35(21-32(2,3)15-7-16-33)19-29(38)27(18-23-8-5-4-6-9-23)36(31(39)40)28-20-44-30-26(28)14-17-43-30/h4-6,8-13,26-30,38H,7,14-15,17-21H2,1-3H3,(H,34,37)(H,39,40)/t26-,27-,28-,29+,30+/m0/s1. The third-order valence-electron chi connectivity index (χ3n) is 8.40. The van der Waals surface area contributed by atoms with Crippen molar-refractivity contribution < 1.29 is 37.7 Å². The number of benzene rings is 2. The summed E-state index contributed by atoms with van der Waals surface area (Å²) in [7, 11) is -4.22. The molecular weight excluding hydrogens is 600 g/mol. The van der Waals surface area contributed by atoms with E-state index in [2.05, 4.69) is 11.4 Å². The van der Waals surface area contributed by atoms with Gasteiger partial charge in [-0.15, -0.1) is 0 Å². The fourth-order valence-electron chi connectivity index (χ4n) is 6.13. The number of amides is 2. The molecule has 12 nitrogen and oxygen atoms in total. The molecule has 2 aromatic carbocycles. The number of hydrogen-bond donors (Lipinski definition) is 3. The van der Waals surface area contributed by atoms with Crippen LogP contribution in [0.4, 0.5) is 10.5 Å². The van der Waals surface area contributed by atoms with Gasteiger partial charge in [0.1, 0.15) is 0 Å². The first kappa shape index (κ1) is 34.3. The van der Waals surface area contributed by atoms with E-state index in [0.717, 1.165) is 5.56 Å². The molecule has 2 heterocycles. The Morgan fingerprint density at radius 3 is 2.44 bits per heavy atom. The highest BCUT2D eigenvalue weighted by atomic mass is 32.2. The van der Waals surface area contributed by atoms with Gasteiger partial charge in [0.15, 0.2) is 6.29 Å². The number of nitriles is 1. The van der Waals surface area contributed by atoms with Gasteiger partial charge in [-0.2, -0.15) is 9.57 Å². The number of sulfonamides is 1. The number of aliphatic hydroxyl groups is 1. The Morgan fingerprint density at radius 2 is 1.82 bits per heavy atom. The number of rotatable bonds is 14. The van der Waals surface area contributed by atoms with E-state index in [1.807, 2.05) is 44.2 Å². The summed E-state index contributed by atoms with van der Waals surface area (Å²) in [6.45, 7) is 5.16. The van der Waals surface area contributed by atoms with E-state index >= 15 is 0 Å². The van der Waals surface area contributed by atoms with E-state index in [1.165, 1.54) is 40.4 Å². The summed E-state index contributed by atoms with van der Waals surface area (Å²) in [6, 6.07) is 15.4. The number of carbonyl (C=O) groups excluding carboxylic acids is 1. The average Bonchev–Trinajstić information content (AvgIpc) is 3.61. The maximum Gasteiger partial charge on any atom is 0.407 e. The van der Waals surface area contributed by atoms with Crippen molar-refractivity contribution >= 4 is 27.7 Å². The van der Waals surface area contributed by atoms with Gasteiger partial charge in [0.25, 0.3) is 0 Å². The molecule has 2 aliphatic rings. The highest BCUT2D eigenvalue weighted by Crippen LogP contribution is 2.36. The Labute approximate surface area is 264 Å². The van der Waals surface area contributed by atoms with Crippen LogP contribution in [0.2, 0.25) is 0 Å². The lowest BCUT2D eigenvalue weighted by Gasteiger charge is -2.40. The smallest absolute Gasteiger partial charge is 0.407 e. The molecule has 2 fully saturated rings. The number of aliphatic hydroxyl groups excluding tert-OH is 1. The van der Waals surface area contributed by atoms with Crippen molar-refractivity contribution in [3.05, 3.63) is 60.2 Å². The molecule has 2 aromatic rings. The van der Waals surface area contributed by atoms with Crippen molar-refractivity contribution in [1.29, 1.82) is 5.26 Å². The molecule has 13 heteroatoms. The van der Waals surface area contributed by atoms with Crippen LogP contribution in [0.25, 0.3) is 0 Å². The lowest BCUT2D eigenvalue weighted by atomic mass is 9.87. The van der Waals surface area contributed by atoms with Gasteiger partial charge in [-0.25, -0.2) is 13.2 Å². The molecule has 45 heavy (non-hydrogen) atoms. The van der Waals surface area contributed by atoms with Gasteiger partial charge in [-0.05, 0) is 54.5 Å². The molecule has 4 rings (SSSR count). The zero-order valence-corrected chi connectivity index (χ0v) is 26.7. The van der Waals surface area contributed by atoms with Crippen LogP contribution in [-0.4, -0.2) is 90.6 Å². The van der Waals surface area contributed by atoms with Crippen molar-refractivity contribution in [2.75, 3.05) is 31.6 Å². The number of carbonyl (C=O) groups is 2. The van der Waals surface area contributed by atoms with Gasteiger partial charge in [0, 0.05) is 38.0 Å². The molecule has 2 saturated heterocycles. The summed E-state index contributed by atoms with van der Waals surface area (Å²) >= 11 is 0. The van der Waals surface area contributed by atoms with Gasteiger partial charge in [0.05, 0.1) is 42.4 Å². The van der Waals surface area contributed by atoms with Crippen molar-refractivity contribution in [3.8, 4) is 6.07 Å². The normalized spacial score (nSPS) is 21.1. The molecule has 0 radical (unpaired) electrons. The SMILES string of the molecule is CC(=O)Nc1ccc(S(=O)(=O)N(C[C@@H](O)[C@H](Cc2ccccc2)N(C(=O)O)[C@H]2CO[C@H]3OCC[C@H]32)CC(C)(C)CCC#N)cc1. The van der Waals surface area contributed by atoms with E-state index in [0.29, 0.717) is 25.1 Å². The number of carboxylic acid groups (broad SMARTS) is 1. The highest BCUT2D eigenvalue weighted by Gasteiger charge is 2.49. The van der Waals surface area contributed by atoms with Crippen LogP contribution in [0.1, 0.15) is 45.6 Å². The summed E-state index contributed by atoms with van der Waals surface area (Å²) in [5, 5.41) is 34.2. The number of nitrogens with one attached hydrogen (secondary N) is 1. The van der Waals surface area contributed by atoms with E-state index in [9.17, 15) is 33.5 Å². The predicted octanol–water partition coefficient (Wildman–Crippen LogP) is 3.68. The fraction of sp³-hybridized carbons (Fsp3) is 0.531. The van der Waals surface area contributed by atoms with Crippen molar-refractivity contribution in [2.24, 2.45) is 11.3 Å². The van der Waals surface area contributed by atoms with Crippen LogP contribution < -0.4 is 5.32 Å². The predicted molar refractivity (Wildman–Crippen MR) is 166 cm³/mol. The van der Waals surface area contributed by atoms with Crippen LogP contribution in [-0.2, 0) is 30.7 Å². The van der Waals surface area contributed by atoms with Crippen molar-refractivity contribution in [1.82, 2.24) is 9.21 Å². The number of hydrogen-bond acceptors (Lipinski definition) is 8. The van der Waals surface area contributed by atoms with E-state index in [1.54, 1.807) is 0 Å². The fourth-order valence-corrected chi connectivity index (χ4v) is 7.77. The Kier molecular flexibility index (Phi) is 11.2. The van der Waals surface area contributed by atoms with Crippen LogP contribution in [0.5, 0.6) is 0 Å². The monoisotopic (exact) mass is 642 g/mol. The Balaban J connectivity index is 1.70. The molecule has 0 bridgehead atoms. The highest BCUT2D eigenvalue weighted by molar-refractivity contribution is 7.89. The largest absolute Gasteiger partial charge is 0.465 e. The first-order valence-corrected chi connectivity index (χ1v) is 16.5. The first-order chi connectivity index (χ1) is 21.3. The van der Waals surface area contributed by atoms with Crippen LogP contribution >= 0.6 is 0 Å². The second-order valence-corrected chi connectivity index (χ2v) is 14.4. The van der Waals surface area contributed by atoms with Crippen LogP contribution in [0.3, 0.4) is 0 Å². The van der Waals surface area contributed by atoms with Gasteiger partial charge < -0.3 is 25.0 Å². The minimum Gasteiger partial charge on any atom is -0.465 e. The third kappa shape index (κ3) is 8.59. The molecule has 2 aliphatic heterocycles. The van der Waals surface area contributed by atoms with E-state index in [-0.39, 0.29) is 42.7 Å². The lowest BCUT2D eigenvalue weighted by molar-refractivity contribution is -0.114. The first-order valence-electron chi connectivity index (χ1n) is 15.0. The van der Waals surface area contributed by atoms with Crippen LogP contribution in [0, 0.1) is 22.7 Å². The maximum atomic E-state index is 14.1. The minimum absolute atomic E-state index is 0.0300. The Hall–Kier alpha value is -3.54. The second kappa shape index (κ2) is 14.7. The number of anilines is 1.